The molecular formula is C12H18N2O2. The van der Waals surface area contributed by atoms with E-state index in [0.717, 1.165) is 5.56 Å². The molecule has 0 heterocycles. The van der Waals surface area contributed by atoms with Crippen LogP contribution in [0, 0.1) is 0 Å². The Kier molecular flexibility index (Phi) is 4.31. The number of hydrogen-bond acceptors (Lipinski definition) is 3. The second-order valence-corrected chi connectivity index (χ2v) is 3.70. The minimum atomic E-state index is -0.523. The zero-order valence-electron chi connectivity index (χ0n) is 9.86. The van der Waals surface area contributed by atoms with Crippen molar-refractivity contribution < 1.29 is 9.53 Å². The van der Waals surface area contributed by atoms with Crippen molar-refractivity contribution in [3.63, 3.8) is 0 Å². The highest BCUT2D eigenvalue weighted by Gasteiger charge is 2.15. The molecule has 0 saturated heterocycles. The molecule has 0 aromatic heterocycles. The number of carbonyl (C=O) groups is 1. The van der Waals surface area contributed by atoms with Crippen LogP contribution in [-0.2, 0) is 4.79 Å². The summed E-state index contributed by atoms with van der Waals surface area (Å²) >= 11 is 0. The number of nitrogens with one attached hydrogen (secondary N) is 1. The van der Waals surface area contributed by atoms with Crippen molar-refractivity contribution in [2.75, 3.05) is 7.05 Å². The van der Waals surface area contributed by atoms with Gasteiger partial charge >= 0.3 is 0 Å². The van der Waals surface area contributed by atoms with Crippen LogP contribution in [0.25, 0.3) is 0 Å². The summed E-state index contributed by atoms with van der Waals surface area (Å²) in [6, 6.07) is 7.36. The maximum atomic E-state index is 11.3. The monoisotopic (exact) mass is 222 g/mol. The second kappa shape index (κ2) is 5.51. The third-order valence-corrected chi connectivity index (χ3v) is 2.33. The number of amides is 1. The first kappa shape index (κ1) is 12.5. The van der Waals surface area contributed by atoms with Crippen molar-refractivity contribution >= 4 is 5.91 Å². The van der Waals surface area contributed by atoms with Crippen LogP contribution in [0.15, 0.2) is 24.3 Å². The Morgan fingerprint density at radius 2 is 2.00 bits per heavy atom. The lowest BCUT2D eigenvalue weighted by atomic mass is 10.1. The van der Waals surface area contributed by atoms with E-state index in [1.807, 2.05) is 31.2 Å². The smallest absolute Gasteiger partial charge is 0.260 e. The molecule has 16 heavy (non-hydrogen) atoms. The number of hydrogen-bond donors (Lipinski definition) is 2. The van der Waals surface area contributed by atoms with E-state index in [9.17, 15) is 4.79 Å². The third kappa shape index (κ3) is 2.97. The Labute approximate surface area is 95.8 Å². The van der Waals surface area contributed by atoms with Crippen molar-refractivity contribution in [3.8, 4) is 5.75 Å². The van der Waals surface area contributed by atoms with Gasteiger partial charge in [-0.2, -0.15) is 0 Å². The van der Waals surface area contributed by atoms with Crippen molar-refractivity contribution in [2.45, 2.75) is 26.0 Å². The van der Waals surface area contributed by atoms with Gasteiger partial charge in [0.2, 0.25) is 0 Å². The van der Waals surface area contributed by atoms with Crippen LogP contribution in [0.4, 0.5) is 0 Å². The van der Waals surface area contributed by atoms with E-state index in [-0.39, 0.29) is 11.9 Å². The van der Waals surface area contributed by atoms with Crippen molar-refractivity contribution in [1.29, 1.82) is 0 Å². The zero-order chi connectivity index (χ0) is 12.1. The van der Waals surface area contributed by atoms with Crippen LogP contribution in [0.2, 0.25) is 0 Å². The first-order chi connectivity index (χ1) is 7.56. The molecule has 0 aliphatic rings. The van der Waals surface area contributed by atoms with Gasteiger partial charge in [-0.25, -0.2) is 0 Å². The summed E-state index contributed by atoms with van der Waals surface area (Å²) < 4.78 is 5.57. The Bertz CT molecular complexity index is 364. The molecule has 0 saturated carbocycles. The van der Waals surface area contributed by atoms with Gasteiger partial charge in [0.15, 0.2) is 6.10 Å². The van der Waals surface area contributed by atoms with E-state index >= 15 is 0 Å². The summed E-state index contributed by atoms with van der Waals surface area (Å²) in [4.78, 5) is 11.3. The first-order valence-electron chi connectivity index (χ1n) is 5.29. The molecule has 1 aromatic carbocycles. The van der Waals surface area contributed by atoms with Gasteiger partial charge in [0.1, 0.15) is 5.75 Å². The van der Waals surface area contributed by atoms with Gasteiger partial charge in [0.25, 0.3) is 5.91 Å². The lowest BCUT2D eigenvalue weighted by Gasteiger charge is -2.17. The Hall–Kier alpha value is -1.55. The van der Waals surface area contributed by atoms with Gasteiger partial charge in [-0.3, -0.25) is 4.79 Å². The third-order valence-electron chi connectivity index (χ3n) is 2.33. The summed E-state index contributed by atoms with van der Waals surface area (Å²) in [6.45, 7) is 3.59. The van der Waals surface area contributed by atoms with Gasteiger partial charge in [-0.1, -0.05) is 18.2 Å². The molecule has 1 amide bonds. The van der Waals surface area contributed by atoms with Crippen molar-refractivity contribution in [3.05, 3.63) is 29.8 Å². The molecule has 2 atom stereocenters. The van der Waals surface area contributed by atoms with Gasteiger partial charge in [0, 0.05) is 18.7 Å². The van der Waals surface area contributed by atoms with Crippen LogP contribution >= 0.6 is 0 Å². The minimum absolute atomic E-state index is 0.118. The fourth-order valence-corrected chi connectivity index (χ4v) is 1.41. The topological polar surface area (TPSA) is 64.3 Å². The summed E-state index contributed by atoms with van der Waals surface area (Å²) in [5.41, 5.74) is 6.72. The second-order valence-electron chi connectivity index (χ2n) is 3.70. The van der Waals surface area contributed by atoms with E-state index < -0.39 is 6.10 Å². The predicted octanol–water partition coefficient (Wildman–Crippen LogP) is 1.22. The molecule has 4 nitrogen and oxygen atoms in total. The molecule has 1 unspecified atom stereocenters. The average molecular weight is 222 g/mol. The van der Waals surface area contributed by atoms with Gasteiger partial charge in [-0.15, -0.1) is 0 Å². The number of likely N-dealkylation sites (N-methyl/N-ethyl adjacent to an activating group) is 1. The standard InChI is InChI=1S/C12H18N2O2/c1-8(13)10-6-4-5-7-11(10)16-9(2)12(15)14-3/h4-9H,13H2,1-3H3,(H,14,15)/t8-,9?/m1/s1. The van der Waals surface area contributed by atoms with Gasteiger partial charge < -0.3 is 15.8 Å². The zero-order valence-corrected chi connectivity index (χ0v) is 9.86. The molecule has 88 valence electrons. The van der Waals surface area contributed by atoms with Gasteiger partial charge in [0.05, 0.1) is 0 Å². The highest BCUT2D eigenvalue weighted by Crippen LogP contribution is 2.24. The minimum Gasteiger partial charge on any atom is -0.481 e. The molecular weight excluding hydrogens is 204 g/mol. The number of para-hydroxylation sites is 1. The molecule has 1 rings (SSSR count). The summed E-state index contributed by atoms with van der Waals surface area (Å²) in [6.07, 6.45) is -0.523. The van der Waals surface area contributed by atoms with E-state index in [1.54, 1.807) is 14.0 Å². The Morgan fingerprint density at radius 1 is 1.38 bits per heavy atom. The molecule has 0 radical (unpaired) electrons. The Morgan fingerprint density at radius 3 is 2.56 bits per heavy atom. The summed E-state index contributed by atoms with van der Waals surface area (Å²) in [5, 5.41) is 2.54. The van der Waals surface area contributed by atoms with Gasteiger partial charge in [-0.05, 0) is 19.9 Å². The largest absolute Gasteiger partial charge is 0.481 e. The summed E-state index contributed by atoms with van der Waals surface area (Å²) in [5.74, 6) is 0.507. The van der Waals surface area contributed by atoms with E-state index in [1.165, 1.54) is 0 Å². The lowest BCUT2D eigenvalue weighted by Crippen LogP contribution is -2.34. The summed E-state index contributed by atoms with van der Waals surface area (Å²) in [7, 11) is 1.58. The molecule has 0 spiro atoms. The molecule has 4 heteroatoms. The van der Waals surface area contributed by atoms with Crippen LogP contribution in [0.5, 0.6) is 5.75 Å². The Balaban J connectivity index is 2.84. The number of benzene rings is 1. The molecule has 0 fully saturated rings. The van der Waals surface area contributed by atoms with E-state index in [2.05, 4.69) is 5.32 Å². The maximum Gasteiger partial charge on any atom is 0.260 e. The molecule has 0 aliphatic carbocycles. The van der Waals surface area contributed by atoms with Crippen LogP contribution in [-0.4, -0.2) is 19.1 Å². The molecule has 0 aliphatic heterocycles. The lowest BCUT2D eigenvalue weighted by molar-refractivity contribution is -0.126. The quantitative estimate of drug-likeness (QED) is 0.805. The normalized spacial score (nSPS) is 14.0. The van der Waals surface area contributed by atoms with Crippen LogP contribution in [0.1, 0.15) is 25.5 Å². The number of nitrogens with two attached hydrogens (primary N) is 1. The van der Waals surface area contributed by atoms with Crippen LogP contribution in [0.3, 0.4) is 0 Å². The first-order valence-corrected chi connectivity index (χ1v) is 5.29. The van der Waals surface area contributed by atoms with Crippen LogP contribution < -0.4 is 15.8 Å². The predicted molar refractivity (Wildman–Crippen MR) is 63.2 cm³/mol. The SMILES string of the molecule is CNC(=O)C(C)Oc1ccccc1[C@@H](C)N. The van der Waals surface area contributed by atoms with E-state index in [0.29, 0.717) is 5.75 Å². The highest BCUT2D eigenvalue weighted by molar-refractivity contribution is 5.80. The highest BCUT2D eigenvalue weighted by atomic mass is 16.5. The molecule has 1 aromatic rings. The molecule has 3 N–H and O–H groups in total. The fraction of sp³-hybridized carbons (Fsp3) is 0.417. The molecule has 0 bridgehead atoms. The maximum absolute atomic E-state index is 11.3. The fourth-order valence-electron chi connectivity index (χ4n) is 1.41. The van der Waals surface area contributed by atoms with E-state index in [4.69, 9.17) is 10.5 Å². The number of ether oxygens (including phenoxy) is 1. The van der Waals surface area contributed by atoms with Crippen molar-refractivity contribution in [2.24, 2.45) is 5.73 Å². The number of carbonyl (C=O) groups excluding carboxylic acids is 1. The average Bonchev–Trinajstić information content (AvgIpc) is 2.28. The number of rotatable bonds is 4. The van der Waals surface area contributed by atoms with Crippen molar-refractivity contribution in [1.82, 2.24) is 5.32 Å².